The number of aromatic nitrogens is 1. The van der Waals surface area contributed by atoms with E-state index in [9.17, 15) is 23.1 Å². The van der Waals surface area contributed by atoms with Gasteiger partial charge in [-0.2, -0.15) is 13.2 Å². The third-order valence-corrected chi connectivity index (χ3v) is 5.40. The molecule has 0 bridgehead atoms. The van der Waals surface area contributed by atoms with Crippen molar-refractivity contribution in [1.29, 1.82) is 0 Å². The Morgan fingerprint density at radius 1 is 1.14 bits per heavy atom. The quantitative estimate of drug-likeness (QED) is 0.677. The number of nitrogens with zero attached hydrogens (tertiary/aromatic N) is 2. The highest BCUT2D eigenvalue weighted by atomic mass is 19.4. The first-order valence-electron chi connectivity index (χ1n) is 9.35. The molecule has 4 rings (SSSR count). The Hall–Kier alpha value is -2.93. The number of carboxylic acid groups (broad SMARTS) is 1. The summed E-state index contributed by atoms with van der Waals surface area (Å²) in [5, 5.41) is 10.4. The molecule has 2 atom stereocenters. The Balaban J connectivity index is 1.92. The molecular weight excluding hydrogens is 381 g/mol. The van der Waals surface area contributed by atoms with Crippen molar-refractivity contribution in [3.8, 4) is 0 Å². The van der Waals surface area contributed by atoms with E-state index in [1.165, 1.54) is 12.1 Å². The van der Waals surface area contributed by atoms with Gasteiger partial charge in [0.15, 0.2) is 0 Å². The van der Waals surface area contributed by atoms with E-state index in [4.69, 9.17) is 0 Å². The van der Waals surface area contributed by atoms with E-state index in [-0.39, 0.29) is 5.56 Å². The average Bonchev–Trinajstić information content (AvgIpc) is 3.17. The Bertz CT molecular complexity index is 1050. The van der Waals surface area contributed by atoms with Crippen LogP contribution in [-0.2, 0) is 11.0 Å². The lowest BCUT2D eigenvalue weighted by Gasteiger charge is -2.33. The summed E-state index contributed by atoms with van der Waals surface area (Å²) in [5.41, 5.74) is 0.572. The summed E-state index contributed by atoms with van der Waals surface area (Å²) in [5.74, 6) is -1.02. The molecule has 0 amide bonds. The number of alkyl halides is 3. The van der Waals surface area contributed by atoms with Crippen LogP contribution in [0.25, 0.3) is 10.9 Å². The average molecular weight is 400 g/mol. The molecule has 0 spiro atoms. The van der Waals surface area contributed by atoms with Crippen LogP contribution in [-0.4, -0.2) is 33.5 Å². The third kappa shape index (κ3) is 3.70. The van der Waals surface area contributed by atoms with Gasteiger partial charge in [0.1, 0.15) is 6.04 Å². The van der Waals surface area contributed by atoms with Crippen LogP contribution in [0.4, 0.5) is 13.2 Å². The highest BCUT2D eigenvalue weighted by Crippen LogP contribution is 2.41. The summed E-state index contributed by atoms with van der Waals surface area (Å²) in [6.07, 6.45) is -1.97. The van der Waals surface area contributed by atoms with Crippen molar-refractivity contribution in [2.45, 2.75) is 31.1 Å². The zero-order valence-electron chi connectivity index (χ0n) is 15.4. The highest BCUT2D eigenvalue weighted by Gasteiger charge is 2.41. The number of pyridine rings is 1. The minimum atomic E-state index is -4.54. The van der Waals surface area contributed by atoms with Crippen LogP contribution in [0.5, 0.6) is 0 Å². The molecule has 2 aromatic carbocycles. The Kier molecular flexibility index (Phi) is 5.00. The summed E-state index contributed by atoms with van der Waals surface area (Å²) in [6.45, 7) is 0.403. The van der Waals surface area contributed by atoms with Gasteiger partial charge in [-0.3, -0.25) is 14.7 Å². The number of aliphatic carboxylic acids is 1. The maximum absolute atomic E-state index is 13.8. The second kappa shape index (κ2) is 7.48. The smallest absolute Gasteiger partial charge is 0.416 e. The minimum Gasteiger partial charge on any atom is -0.480 e. The molecule has 29 heavy (non-hydrogen) atoms. The summed E-state index contributed by atoms with van der Waals surface area (Å²) >= 11 is 0. The summed E-state index contributed by atoms with van der Waals surface area (Å²) < 4.78 is 41.3. The Morgan fingerprint density at radius 3 is 2.62 bits per heavy atom. The number of fused-ring (bicyclic) bond motifs is 1. The van der Waals surface area contributed by atoms with Gasteiger partial charge in [-0.1, -0.05) is 36.4 Å². The zero-order chi connectivity index (χ0) is 20.6. The fourth-order valence-electron chi connectivity index (χ4n) is 4.14. The van der Waals surface area contributed by atoms with Gasteiger partial charge < -0.3 is 5.11 Å². The molecular formula is C22H19F3N2O2. The lowest BCUT2D eigenvalue weighted by molar-refractivity contribution is -0.143. The van der Waals surface area contributed by atoms with Crippen LogP contribution in [0.3, 0.4) is 0 Å². The van der Waals surface area contributed by atoms with E-state index in [0.29, 0.717) is 24.9 Å². The molecule has 1 aliphatic heterocycles. The molecule has 2 unspecified atom stereocenters. The molecule has 0 radical (unpaired) electrons. The van der Waals surface area contributed by atoms with Gasteiger partial charge in [0, 0.05) is 18.1 Å². The van der Waals surface area contributed by atoms with Crippen molar-refractivity contribution in [2.75, 3.05) is 6.54 Å². The molecule has 7 heteroatoms. The summed E-state index contributed by atoms with van der Waals surface area (Å²) in [7, 11) is 0. The maximum atomic E-state index is 13.8. The van der Waals surface area contributed by atoms with Gasteiger partial charge in [-0.25, -0.2) is 0 Å². The summed E-state index contributed by atoms with van der Waals surface area (Å²) in [6, 6.07) is 12.8. The maximum Gasteiger partial charge on any atom is 0.416 e. The van der Waals surface area contributed by atoms with Crippen LogP contribution in [0.2, 0.25) is 0 Å². The second-order valence-corrected chi connectivity index (χ2v) is 7.18. The molecule has 1 saturated heterocycles. The molecule has 150 valence electrons. The van der Waals surface area contributed by atoms with Gasteiger partial charge >= 0.3 is 12.1 Å². The monoisotopic (exact) mass is 400 g/mol. The molecule has 1 aliphatic rings. The number of rotatable bonds is 4. The van der Waals surface area contributed by atoms with Gasteiger partial charge in [0.2, 0.25) is 0 Å². The molecule has 1 fully saturated rings. The van der Waals surface area contributed by atoms with Crippen molar-refractivity contribution < 1.29 is 23.1 Å². The first kappa shape index (κ1) is 19.4. The molecule has 1 N–H and O–H groups in total. The van der Waals surface area contributed by atoms with Crippen LogP contribution in [0, 0.1) is 0 Å². The number of halogens is 3. The van der Waals surface area contributed by atoms with Crippen LogP contribution in [0.15, 0.2) is 60.8 Å². The number of carboxylic acids is 1. The predicted molar refractivity (Wildman–Crippen MR) is 102 cm³/mol. The van der Waals surface area contributed by atoms with E-state index in [0.717, 1.165) is 17.0 Å². The van der Waals surface area contributed by atoms with Crippen molar-refractivity contribution in [2.24, 2.45) is 0 Å². The highest BCUT2D eigenvalue weighted by molar-refractivity contribution is 5.79. The number of likely N-dealkylation sites (tertiary alicyclic amines) is 1. The van der Waals surface area contributed by atoms with Crippen LogP contribution < -0.4 is 0 Å². The second-order valence-electron chi connectivity index (χ2n) is 7.18. The Morgan fingerprint density at radius 2 is 1.86 bits per heavy atom. The standard InChI is InChI=1S/C22H19F3N2O2/c23-22(24,25)17-8-3-2-7-16(17)20(27-11-5-10-19(27)21(28)29)15-12-14-6-1-4-9-18(14)26-13-15/h1-4,6-9,12-13,19-20H,5,10-11H2,(H,28,29). The van der Waals surface area contributed by atoms with Crippen LogP contribution >= 0.6 is 0 Å². The minimum absolute atomic E-state index is 0.0465. The topological polar surface area (TPSA) is 53.4 Å². The molecule has 1 aromatic heterocycles. The van der Waals surface area contributed by atoms with Crippen molar-refractivity contribution in [1.82, 2.24) is 9.88 Å². The molecule has 0 saturated carbocycles. The predicted octanol–water partition coefficient (Wildman–Crippen LogP) is 4.89. The SMILES string of the molecule is O=C(O)C1CCCN1C(c1cnc2ccccc2c1)c1ccccc1C(F)(F)F. The van der Waals surface area contributed by atoms with E-state index in [1.807, 2.05) is 24.3 Å². The number of carbonyl (C=O) groups is 1. The number of benzene rings is 2. The molecule has 0 aliphatic carbocycles. The summed E-state index contributed by atoms with van der Waals surface area (Å²) in [4.78, 5) is 17.9. The van der Waals surface area contributed by atoms with E-state index < -0.39 is 29.8 Å². The zero-order valence-corrected chi connectivity index (χ0v) is 15.4. The number of hydrogen-bond donors (Lipinski definition) is 1. The van der Waals surface area contributed by atoms with E-state index >= 15 is 0 Å². The molecule has 4 nitrogen and oxygen atoms in total. The third-order valence-electron chi connectivity index (χ3n) is 5.40. The fourth-order valence-corrected chi connectivity index (χ4v) is 4.14. The van der Waals surface area contributed by atoms with Crippen LogP contribution in [0.1, 0.15) is 35.6 Å². The fraction of sp³-hybridized carbons (Fsp3) is 0.273. The van der Waals surface area contributed by atoms with Gasteiger partial charge in [0.05, 0.1) is 17.1 Å². The first-order chi connectivity index (χ1) is 13.9. The van der Waals surface area contributed by atoms with Gasteiger partial charge in [-0.05, 0) is 42.2 Å². The van der Waals surface area contributed by atoms with Gasteiger partial charge in [-0.15, -0.1) is 0 Å². The van der Waals surface area contributed by atoms with Crippen molar-refractivity contribution in [3.63, 3.8) is 0 Å². The van der Waals surface area contributed by atoms with Crippen molar-refractivity contribution >= 4 is 16.9 Å². The largest absolute Gasteiger partial charge is 0.480 e. The molecule has 3 aromatic rings. The lowest BCUT2D eigenvalue weighted by atomic mass is 9.92. The van der Waals surface area contributed by atoms with Crippen molar-refractivity contribution in [3.05, 3.63) is 77.5 Å². The Labute approximate surface area is 165 Å². The number of para-hydroxylation sites is 1. The van der Waals surface area contributed by atoms with E-state index in [1.54, 1.807) is 23.2 Å². The normalized spacial score (nSPS) is 18.8. The molecule has 2 heterocycles. The first-order valence-corrected chi connectivity index (χ1v) is 9.35. The lowest BCUT2D eigenvalue weighted by Crippen LogP contribution is -2.40. The van der Waals surface area contributed by atoms with Gasteiger partial charge in [0.25, 0.3) is 0 Å². The number of hydrogen-bond acceptors (Lipinski definition) is 3. The van der Waals surface area contributed by atoms with E-state index in [2.05, 4.69) is 4.98 Å².